The molecule has 0 saturated heterocycles. The summed E-state index contributed by atoms with van der Waals surface area (Å²) in [7, 11) is 0. The van der Waals surface area contributed by atoms with E-state index in [2.05, 4.69) is 5.32 Å². The van der Waals surface area contributed by atoms with E-state index in [1.165, 1.54) is 17.3 Å². The number of carbonyl (C=O) groups is 1. The molecule has 21 heavy (non-hydrogen) atoms. The maximum atomic E-state index is 12.2. The summed E-state index contributed by atoms with van der Waals surface area (Å²) in [5.41, 5.74) is 2.94. The maximum Gasteiger partial charge on any atom is 0.237 e. The van der Waals surface area contributed by atoms with Gasteiger partial charge in [0.2, 0.25) is 5.91 Å². The molecule has 1 atom stereocenters. The number of aryl methyl sites for hydroxylation is 2. The van der Waals surface area contributed by atoms with E-state index in [9.17, 15) is 4.79 Å². The van der Waals surface area contributed by atoms with Crippen LogP contribution in [-0.4, -0.2) is 11.2 Å². The van der Waals surface area contributed by atoms with Crippen molar-refractivity contribution < 1.29 is 4.79 Å². The highest BCUT2D eigenvalue weighted by Gasteiger charge is 2.15. The van der Waals surface area contributed by atoms with Crippen molar-refractivity contribution in [1.82, 2.24) is 0 Å². The van der Waals surface area contributed by atoms with Crippen molar-refractivity contribution in [2.45, 2.75) is 30.9 Å². The molecule has 0 unspecified atom stereocenters. The van der Waals surface area contributed by atoms with Gasteiger partial charge < -0.3 is 5.32 Å². The van der Waals surface area contributed by atoms with Gasteiger partial charge >= 0.3 is 0 Å². The Morgan fingerprint density at radius 1 is 1.10 bits per heavy atom. The molecule has 2 aromatic rings. The van der Waals surface area contributed by atoms with E-state index in [-0.39, 0.29) is 11.2 Å². The van der Waals surface area contributed by atoms with Gasteiger partial charge in [-0.2, -0.15) is 0 Å². The second-order valence-corrected chi connectivity index (χ2v) is 6.87. The molecule has 2 nitrogen and oxygen atoms in total. The molecule has 0 aliphatic heterocycles. The lowest BCUT2D eigenvalue weighted by atomic mass is 10.2. The molecule has 0 aromatic heterocycles. The van der Waals surface area contributed by atoms with E-state index in [4.69, 9.17) is 11.6 Å². The minimum Gasteiger partial charge on any atom is -0.324 e. The largest absolute Gasteiger partial charge is 0.324 e. The number of thioether (sulfide) groups is 1. The van der Waals surface area contributed by atoms with E-state index >= 15 is 0 Å². The Hall–Kier alpha value is -1.45. The number of hydrogen-bond donors (Lipinski definition) is 1. The van der Waals surface area contributed by atoms with Crippen molar-refractivity contribution in [1.29, 1.82) is 0 Å². The average Bonchev–Trinajstić information content (AvgIpc) is 2.44. The quantitative estimate of drug-likeness (QED) is 0.796. The number of nitrogens with one attached hydrogen (secondary N) is 1. The summed E-state index contributed by atoms with van der Waals surface area (Å²) in [6.45, 7) is 5.90. The topological polar surface area (TPSA) is 29.1 Å². The molecule has 0 heterocycles. The molecule has 0 aliphatic carbocycles. The summed E-state index contributed by atoms with van der Waals surface area (Å²) >= 11 is 7.67. The molecule has 1 amide bonds. The van der Waals surface area contributed by atoms with Gasteiger partial charge in [0.25, 0.3) is 0 Å². The molecule has 0 spiro atoms. The minimum absolute atomic E-state index is 0.0497. The van der Waals surface area contributed by atoms with Crippen molar-refractivity contribution in [2.24, 2.45) is 0 Å². The third-order valence-electron chi connectivity index (χ3n) is 3.09. The predicted octanol–water partition coefficient (Wildman–Crippen LogP) is 5.08. The smallest absolute Gasteiger partial charge is 0.237 e. The van der Waals surface area contributed by atoms with Crippen LogP contribution < -0.4 is 5.32 Å². The standard InChI is InChI=1S/C17H18ClNOS/c1-11-4-7-14(8-5-11)21-13(3)17(20)19-16-9-6-12(2)10-15(16)18/h4-10,13H,1-3H3,(H,19,20)/t13-/m1/s1. The summed E-state index contributed by atoms with van der Waals surface area (Å²) < 4.78 is 0. The highest BCUT2D eigenvalue weighted by atomic mass is 35.5. The van der Waals surface area contributed by atoms with Crippen molar-refractivity contribution in [3.8, 4) is 0 Å². The summed E-state index contributed by atoms with van der Waals surface area (Å²) in [5, 5.41) is 3.25. The Morgan fingerprint density at radius 3 is 2.33 bits per heavy atom. The molecule has 0 aliphatic rings. The number of halogens is 1. The predicted molar refractivity (Wildman–Crippen MR) is 91.3 cm³/mol. The van der Waals surface area contributed by atoms with Gasteiger partial charge in [-0.25, -0.2) is 0 Å². The second-order valence-electron chi connectivity index (χ2n) is 5.05. The zero-order valence-electron chi connectivity index (χ0n) is 12.3. The van der Waals surface area contributed by atoms with Gasteiger partial charge in [-0.15, -0.1) is 11.8 Å². The molecule has 0 bridgehead atoms. The summed E-state index contributed by atoms with van der Waals surface area (Å²) in [4.78, 5) is 13.3. The molecule has 2 rings (SSSR count). The molecular weight excluding hydrogens is 302 g/mol. The van der Waals surface area contributed by atoms with Crippen LogP contribution in [0.1, 0.15) is 18.1 Å². The minimum atomic E-state index is -0.190. The van der Waals surface area contributed by atoms with Gasteiger partial charge in [0.1, 0.15) is 0 Å². The fourth-order valence-corrected chi connectivity index (χ4v) is 2.98. The van der Waals surface area contributed by atoms with Gasteiger partial charge in [0.15, 0.2) is 0 Å². The Morgan fingerprint density at radius 2 is 1.71 bits per heavy atom. The first-order valence-corrected chi connectivity index (χ1v) is 8.02. The van der Waals surface area contributed by atoms with Crippen LogP contribution in [-0.2, 0) is 4.79 Å². The average molecular weight is 320 g/mol. The summed E-state index contributed by atoms with van der Waals surface area (Å²) in [5.74, 6) is -0.0497. The summed E-state index contributed by atoms with van der Waals surface area (Å²) in [6.07, 6.45) is 0. The molecule has 1 N–H and O–H groups in total. The van der Waals surface area contributed by atoms with Crippen molar-refractivity contribution in [2.75, 3.05) is 5.32 Å². The molecular formula is C17H18ClNOS. The molecule has 2 aromatic carbocycles. The lowest BCUT2D eigenvalue weighted by Crippen LogP contribution is -2.22. The monoisotopic (exact) mass is 319 g/mol. The van der Waals surface area contributed by atoms with E-state index in [0.717, 1.165) is 10.5 Å². The number of hydrogen-bond acceptors (Lipinski definition) is 2. The Balaban J connectivity index is 2.00. The number of carbonyl (C=O) groups excluding carboxylic acids is 1. The van der Waals surface area contributed by atoms with Crippen LogP contribution in [0.4, 0.5) is 5.69 Å². The van der Waals surface area contributed by atoms with Gasteiger partial charge in [0, 0.05) is 4.90 Å². The SMILES string of the molecule is Cc1ccc(S[C@H](C)C(=O)Nc2ccc(C)cc2Cl)cc1. The summed E-state index contributed by atoms with van der Waals surface area (Å²) in [6, 6.07) is 13.8. The van der Waals surface area contributed by atoms with E-state index < -0.39 is 0 Å². The van der Waals surface area contributed by atoms with Crippen molar-refractivity contribution in [3.63, 3.8) is 0 Å². The van der Waals surface area contributed by atoms with E-state index in [1.807, 2.05) is 63.2 Å². The fourth-order valence-electron chi connectivity index (χ4n) is 1.83. The number of rotatable bonds is 4. The van der Waals surface area contributed by atoms with Crippen LogP contribution in [0.3, 0.4) is 0 Å². The van der Waals surface area contributed by atoms with Crippen molar-refractivity contribution in [3.05, 3.63) is 58.6 Å². The van der Waals surface area contributed by atoms with Crippen LogP contribution in [0.5, 0.6) is 0 Å². The molecule has 0 fully saturated rings. The molecule has 110 valence electrons. The van der Waals surface area contributed by atoms with Crippen LogP contribution in [0.2, 0.25) is 5.02 Å². The zero-order valence-corrected chi connectivity index (χ0v) is 13.9. The van der Waals surface area contributed by atoms with Gasteiger partial charge in [-0.3, -0.25) is 4.79 Å². The number of amides is 1. The van der Waals surface area contributed by atoms with Crippen LogP contribution in [0.25, 0.3) is 0 Å². The van der Waals surface area contributed by atoms with Crippen LogP contribution in [0, 0.1) is 13.8 Å². The highest BCUT2D eigenvalue weighted by molar-refractivity contribution is 8.00. The van der Waals surface area contributed by atoms with Gasteiger partial charge in [-0.1, -0.05) is 35.4 Å². The molecule has 4 heteroatoms. The highest BCUT2D eigenvalue weighted by Crippen LogP contribution is 2.27. The number of anilines is 1. The fraction of sp³-hybridized carbons (Fsp3) is 0.235. The first kappa shape index (κ1) is 15.9. The van der Waals surface area contributed by atoms with Crippen molar-refractivity contribution >= 4 is 35.0 Å². The number of benzene rings is 2. The normalized spacial score (nSPS) is 12.0. The Kier molecular flexibility index (Phi) is 5.32. The first-order chi connectivity index (χ1) is 9.95. The molecule has 0 saturated carbocycles. The third kappa shape index (κ3) is 4.51. The van der Waals surface area contributed by atoms with Gasteiger partial charge in [-0.05, 0) is 50.6 Å². The lowest BCUT2D eigenvalue weighted by molar-refractivity contribution is -0.115. The van der Waals surface area contributed by atoms with Gasteiger partial charge in [0.05, 0.1) is 16.0 Å². The van der Waals surface area contributed by atoms with E-state index in [0.29, 0.717) is 10.7 Å². The zero-order chi connectivity index (χ0) is 15.4. The maximum absolute atomic E-state index is 12.2. The van der Waals surface area contributed by atoms with E-state index in [1.54, 1.807) is 0 Å². The second kappa shape index (κ2) is 7.01. The Labute approximate surface area is 134 Å². The Bertz CT molecular complexity index is 640. The van der Waals surface area contributed by atoms with Crippen LogP contribution >= 0.6 is 23.4 Å². The lowest BCUT2D eigenvalue weighted by Gasteiger charge is -2.13. The first-order valence-electron chi connectivity index (χ1n) is 6.76. The van der Waals surface area contributed by atoms with Crippen LogP contribution in [0.15, 0.2) is 47.4 Å². The third-order valence-corrected chi connectivity index (χ3v) is 4.51. The molecule has 0 radical (unpaired) electrons.